The highest BCUT2D eigenvalue weighted by molar-refractivity contribution is 5.72. The van der Waals surface area contributed by atoms with E-state index in [9.17, 15) is 5.11 Å². The van der Waals surface area contributed by atoms with Gasteiger partial charge < -0.3 is 9.52 Å². The van der Waals surface area contributed by atoms with Crippen molar-refractivity contribution >= 4 is 5.57 Å². The SMILES string of the molecule is CC[C@@H]1C=C2C[C@@H](O)CC[C@]2(C)[C@H]2CC[C@]3(C)C(c4ccoc4)=CC[C@H]3[C@H]12. The van der Waals surface area contributed by atoms with Crippen molar-refractivity contribution in [3.05, 3.63) is 41.9 Å². The van der Waals surface area contributed by atoms with E-state index in [-0.39, 0.29) is 11.5 Å². The molecule has 2 saturated carbocycles. The highest BCUT2D eigenvalue weighted by Gasteiger charge is 2.58. The normalized spacial score (nSPS) is 46.1. The molecule has 2 heteroatoms. The molecule has 0 bridgehead atoms. The zero-order valence-electron chi connectivity index (χ0n) is 17.1. The molecule has 0 amide bonds. The average Bonchev–Trinajstić information content (AvgIpc) is 3.28. The number of aliphatic hydroxyl groups is 1. The summed E-state index contributed by atoms with van der Waals surface area (Å²) in [5.74, 6) is 2.97. The van der Waals surface area contributed by atoms with Gasteiger partial charge in [-0.15, -0.1) is 0 Å². The van der Waals surface area contributed by atoms with Gasteiger partial charge in [0.1, 0.15) is 0 Å². The second-order valence-corrected chi connectivity index (χ2v) is 10.2. The van der Waals surface area contributed by atoms with Crippen LogP contribution in [0.2, 0.25) is 0 Å². The van der Waals surface area contributed by atoms with E-state index in [1.807, 2.05) is 12.5 Å². The summed E-state index contributed by atoms with van der Waals surface area (Å²) in [6.07, 6.45) is 16.9. The predicted molar refractivity (Wildman–Crippen MR) is 109 cm³/mol. The summed E-state index contributed by atoms with van der Waals surface area (Å²) in [5.41, 5.74) is 5.02. The van der Waals surface area contributed by atoms with E-state index in [2.05, 4.69) is 39.0 Å². The Morgan fingerprint density at radius 2 is 1.96 bits per heavy atom. The monoisotopic (exact) mass is 366 g/mol. The molecule has 27 heavy (non-hydrogen) atoms. The Morgan fingerprint density at radius 1 is 1.15 bits per heavy atom. The summed E-state index contributed by atoms with van der Waals surface area (Å²) in [5, 5.41) is 10.3. The summed E-state index contributed by atoms with van der Waals surface area (Å²) in [4.78, 5) is 0. The number of aliphatic hydroxyl groups excluding tert-OH is 1. The van der Waals surface area contributed by atoms with Gasteiger partial charge in [0, 0.05) is 5.56 Å². The van der Waals surface area contributed by atoms with Crippen LogP contribution >= 0.6 is 0 Å². The van der Waals surface area contributed by atoms with Gasteiger partial charge in [0.25, 0.3) is 0 Å². The Kier molecular flexibility index (Phi) is 4.03. The quantitative estimate of drug-likeness (QED) is 0.629. The molecular weight excluding hydrogens is 332 g/mol. The van der Waals surface area contributed by atoms with Crippen LogP contribution < -0.4 is 0 Å². The number of allylic oxidation sites excluding steroid dienone is 3. The van der Waals surface area contributed by atoms with Crippen LogP contribution in [-0.2, 0) is 0 Å². The van der Waals surface area contributed by atoms with Crippen molar-refractivity contribution < 1.29 is 9.52 Å². The van der Waals surface area contributed by atoms with Crippen molar-refractivity contribution in [3.63, 3.8) is 0 Å². The number of furan rings is 1. The van der Waals surface area contributed by atoms with E-state index < -0.39 is 0 Å². The maximum Gasteiger partial charge on any atom is 0.0977 e. The molecule has 0 unspecified atom stereocenters. The van der Waals surface area contributed by atoms with Crippen LogP contribution in [0.3, 0.4) is 0 Å². The fourth-order valence-electron chi connectivity index (χ4n) is 7.63. The smallest absolute Gasteiger partial charge is 0.0977 e. The number of hydrogen-bond acceptors (Lipinski definition) is 2. The molecule has 0 spiro atoms. The fourth-order valence-corrected chi connectivity index (χ4v) is 7.63. The van der Waals surface area contributed by atoms with E-state index in [4.69, 9.17) is 4.42 Å². The molecule has 0 radical (unpaired) electrons. The lowest BCUT2D eigenvalue weighted by atomic mass is 9.45. The third-order valence-electron chi connectivity index (χ3n) is 9.13. The van der Waals surface area contributed by atoms with Gasteiger partial charge >= 0.3 is 0 Å². The first-order valence-corrected chi connectivity index (χ1v) is 11.1. The fraction of sp³-hybridized carbons (Fsp3) is 0.680. The van der Waals surface area contributed by atoms with Crippen molar-refractivity contribution in [2.45, 2.75) is 71.8 Å². The molecule has 7 atom stereocenters. The Balaban J connectivity index is 1.54. The van der Waals surface area contributed by atoms with E-state index in [0.29, 0.717) is 11.3 Å². The largest absolute Gasteiger partial charge is 0.472 e. The maximum atomic E-state index is 10.3. The topological polar surface area (TPSA) is 33.4 Å². The lowest BCUT2D eigenvalue weighted by molar-refractivity contribution is -0.0464. The average molecular weight is 367 g/mol. The Bertz CT molecular complexity index is 772. The van der Waals surface area contributed by atoms with E-state index >= 15 is 0 Å². The Labute approximate surface area is 163 Å². The molecule has 4 aliphatic rings. The van der Waals surface area contributed by atoms with Crippen LogP contribution in [0.1, 0.15) is 71.3 Å². The van der Waals surface area contributed by atoms with Crippen molar-refractivity contribution in [3.8, 4) is 0 Å². The third kappa shape index (κ3) is 2.41. The summed E-state index contributed by atoms with van der Waals surface area (Å²) < 4.78 is 5.42. The zero-order chi connectivity index (χ0) is 18.8. The summed E-state index contributed by atoms with van der Waals surface area (Å²) in [6.45, 7) is 7.42. The lowest BCUT2D eigenvalue weighted by Gasteiger charge is -2.59. The molecule has 4 aliphatic carbocycles. The van der Waals surface area contributed by atoms with Gasteiger partial charge in [-0.1, -0.05) is 38.5 Å². The van der Waals surface area contributed by atoms with Crippen LogP contribution in [0.15, 0.2) is 40.7 Å². The first kappa shape index (κ1) is 17.8. The lowest BCUT2D eigenvalue weighted by Crippen LogP contribution is -2.52. The molecule has 1 aromatic heterocycles. The van der Waals surface area contributed by atoms with Gasteiger partial charge in [0.05, 0.1) is 18.6 Å². The minimum atomic E-state index is -0.118. The first-order chi connectivity index (χ1) is 13.0. The van der Waals surface area contributed by atoms with Crippen molar-refractivity contribution in [1.82, 2.24) is 0 Å². The van der Waals surface area contributed by atoms with Crippen molar-refractivity contribution in [2.24, 2.45) is 34.5 Å². The second kappa shape index (κ2) is 6.11. The molecular formula is C25H34O2. The van der Waals surface area contributed by atoms with Crippen LogP contribution in [0.25, 0.3) is 5.57 Å². The van der Waals surface area contributed by atoms with Crippen molar-refractivity contribution in [1.29, 1.82) is 0 Å². The van der Waals surface area contributed by atoms with Crippen LogP contribution in [0.5, 0.6) is 0 Å². The number of fused-ring (bicyclic) bond motifs is 5. The zero-order valence-corrected chi connectivity index (χ0v) is 17.1. The highest BCUT2D eigenvalue weighted by Crippen LogP contribution is 2.67. The molecule has 0 aromatic carbocycles. The minimum Gasteiger partial charge on any atom is -0.472 e. The molecule has 1 N–H and O–H groups in total. The maximum absolute atomic E-state index is 10.3. The predicted octanol–water partition coefficient (Wildman–Crippen LogP) is 6.23. The number of hydrogen-bond donors (Lipinski definition) is 1. The van der Waals surface area contributed by atoms with Gasteiger partial charge in [-0.25, -0.2) is 0 Å². The van der Waals surface area contributed by atoms with Gasteiger partial charge in [0.2, 0.25) is 0 Å². The second-order valence-electron chi connectivity index (χ2n) is 10.2. The van der Waals surface area contributed by atoms with E-state index in [0.717, 1.165) is 30.6 Å². The summed E-state index contributed by atoms with van der Waals surface area (Å²) >= 11 is 0. The van der Waals surface area contributed by atoms with Gasteiger partial charge in [-0.2, -0.15) is 0 Å². The molecule has 1 aromatic rings. The molecule has 5 rings (SSSR count). The summed E-state index contributed by atoms with van der Waals surface area (Å²) in [7, 11) is 0. The van der Waals surface area contributed by atoms with Gasteiger partial charge in [-0.3, -0.25) is 0 Å². The highest BCUT2D eigenvalue weighted by atomic mass is 16.3. The molecule has 2 nitrogen and oxygen atoms in total. The Morgan fingerprint density at radius 3 is 2.70 bits per heavy atom. The minimum absolute atomic E-state index is 0.118. The Hall–Kier alpha value is -1.28. The van der Waals surface area contributed by atoms with E-state index in [1.165, 1.54) is 43.2 Å². The van der Waals surface area contributed by atoms with E-state index in [1.54, 1.807) is 5.57 Å². The van der Waals surface area contributed by atoms with Crippen LogP contribution in [0.4, 0.5) is 0 Å². The van der Waals surface area contributed by atoms with Crippen LogP contribution in [-0.4, -0.2) is 11.2 Å². The summed E-state index contributed by atoms with van der Waals surface area (Å²) in [6, 6.07) is 2.14. The molecule has 2 fully saturated rings. The van der Waals surface area contributed by atoms with Crippen LogP contribution in [0, 0.1) is 34.5 Å². The molecule has 0 aliphatic heterocycles. The third-order valence-corrected chi connectivity index (χ3v) is 9.13. The van der Waals surface area contributed by atoms with Crippen molar-refractivity contribution in [2.75, 3.05) is 0 Å². The standard InChI is InChI=1S/C25H34O2/c1-4-16-13-18-14-19(26)7-10-24(18,2)22-8-11-25(3)20(17-9-12-27-15-17)5-6-21(25)23(16)22/h5,9,12-13,15-16,19,21-23,26H,4,6-8,10-11,14H2,1-3H3/t16-,19+,21+,22+,23+,24+,25-/m1/s1. The van der Waals surface area contributed by atoms with Gasteiger partial charge in [-0.05, 0) is 91.1 Å². The molecule has 1 heterocycles. The van der Waals surface area contributed by atoms with Gasteiger partial charge in [0.15, 0.2) is 0 Å². The molecule has 0 saturated heterocycles. The first-order valence-electron chi connectivity index (χ1n) is 11.1. The number of rotatable bonds is 2. The molecule has 146 valence electrons.